The van der Waals surface area contributed by atoms with Gasteiger partial charge in [0.05, 0.1) is 19.8 Å². The van der Waals surface area contributed by atoms with Gasteiger partial charge in [0.15, 0.2) is 0 Å². The van der Waals surface area contributed by atoms with Crippen molar-refractivity contribution in [1.29, 1.82) is 0 Å². The van der Waals surface area contributed by atoms with Gasteiger partial charge in [0, 0.05) is 18.8 Å². The minimum atomic E-state index is -0.367. The van der Waals surface area contributed by atoms with Crippen LogP contribution in [0.5, 0.6) is 0 Å². The van der Waals surface area contributed by atoms with Gasteiger partial charge in [-0.1, -0.05) is 6.07 Å². The highest BCUT2D eigenvalue weighted by molar-refractivity contribution is 5.92. The average Bonchev–Trinajstić information content (AvgIpc) is 2.38. The van der Waals surface area contributed by atoms with E-state index >= 15 is 0 Å². The molecular formula is C12H16FN3O2. The molecule has 5 nitrogen and oxygen atoms in total. The second-order valence-corrected chi connectivity index (χ2v) is 3.99. The van der Waals surface area contributed by atoms with E-state index in [1.807, 2.05) is 5.01 Å². The number of hydrogen-bond acceptors (Lipinski definition) is 4. The van der Waals surface area contributed by atoms with Crippen molar-refractivity contribution in [3.05, 3.63) is 30.1 Å². The molecule has 1 heterocycles. The van der Waals surface area contributed by atoms with Crippen LogP contribution >= 0.6 is 0 Å². The van der Waals surface area contributed by atoms with Gasteiger partial charge >= 0.3 is 0 Å². The number of ether oxygens (including phenoxy) is 1. The Bertz CT molecular complexity index is 408. The van der Waals surface area contributed by atoms with Crippen LogP contribution in [0.2, 0.25) is 0 Å². The van der Waals surface area contributed by atoms with Crippen LogP contribution in [-0.4, -0.2) is 43.8 Å². The van der Waals surface area contributed by atoms with E-state index in [4.69, 9.17) is 4.74 Å². The Hall–Kier alpha value is -1.50. The van der Waals surface area contributed by atoms with E-state index in [0.29, 0.717) is 18.9 Å². The third kappa shape index (κ3) is 4.06. The second-order valence-electron chi connectivity index (χ2n) is 3.99. The molecule has 2 rings (SSSR count). The number of benzene rings is 1. The zero-order chi connectivity index (χ0) is 12.8. The lowest BCUT2D eigenvalue weighted by atomic mass is 10.3. The van der Waals surface area contributed by atoms with E-state index in [-0.39, 0.29) is 18.3 Å². The summed E-state index contributed by atoms with van der Waals surface area (Å²) in [5, 5.41) is 4.56. The summed E-state index contributed by atoms with van der Waals surface area (Å²) in [5.41, 5.74) is 3.47. The summed E-state index contributed by atoms with van der Waals surface area (Å²) in [7, 11) is 0. The number of halogens is 1. The Balaban J connectivity index is 1.74. The first kappa shape index (κ1) is 12.9. The third-order valence-corrected chi connectivity index (χ3v) is 2.58. The van der Waals surface area contributed by atoms with Crippen LogP contribution in [0.3, 0.4) is 0 Å². The quantitative estimate of drug-likeness (QED) is 0.825. The first-order valence-corrected chi connectivity index (χ1v) is 5.85. The molecule has 1 saturated heterocycles. The largest absolute Gasteiger partial charge is 0.379 e. The van der Waals surface area contributed by atoms with Crippen LogP contribution in [0.1, 0.15) is 0 Å². The summed E-state index contributed by atoms with van der Waals surface area (Å²) in [6.07, 6.45) is 0. The molecule has 1 aromatic rings. The maximum atomic E-state index is 12.9. The fourth-order valence-corrected chi connectivity index (χ4v) is 1.68. The molecule has 6 heteroatoms. The molecule has 1 aliphatic rings. The monoisotopic (exact) mass is 253 g/mol. The Kier molecular flexibility index (Phi) is 4.63. The molecule has 0 atom stereocenters. The summed E-state index contributed by atoms with van der Waals surface area (Å²) >= 11 is 0. The van der Waals surface area contributed by atoms with E-state index < -0.39 is 0 Å². The minimum absolute atomic E-state index is 0.163. The molecule has 1 amide bonds. The zero-order valence-electron chi connectivity index (χ0n) is 9.99. The van der Waals surface area contributed by atoms with Gasteiger partial charge < -0.3 is 10.1 Å². The van der Waals surface area contributed by atoms with Gasteiger partial charge in [-0.15, -0.1) is 0 Å². The van der Waals surface area contributed by atoms with Gasteiger partial charge in [0.1, 0.15) is 5.82 Å². The van der Waals surface area contributed by atoms with E-state index in [1.165, 1.54) is 12.1 Å². The fraction of sp³-hybridized carbons (Fsp3) is 0.417. The highest BCUT2D eigenvalue weighted by Crippen LogP contribution is 2.08. The van der Waals surface area contributed by atoms with Crippen molar-refractivity contribution in [2.75, 3.05) is 38.2 Å². The molecule has 1 fully saturated rings. The minimum Gasteiger partial charge on any atom is -0.379 e. The van der Waals surface area contributed by atoms with Crippen molar-refractivity contribution in [3.63, 3.8) is 0 Å². The molecule has 1 aliphatic heterocycles. The molecule has 0 aliphatic carbocycles. The normalized spacial score (nSPS) is 16.5. The number of anilines is 1. The topological polar surface area (TPSA) is 53.6 Å². The van der Waals surface area contributed by atoms with Crippen LogP contribution in [0.15, 0.2) is 24.3 Å². The lowest BCUT2D eigenvalue weighted by Gasteiger charge is -2.26. The molecule has 0 radical (unpaired) electrons. The van der Waals surface area contributed by atoms with Crippen molar-refractivity contribution in [2.24, 2.45) is 0 Å². The molecule has 18 heavy (non-hydrogen) atoms. The highest BCUT2D eigenvalue weighted by Gasteiger charge is 2.11. The maximum Gasteiger partial charge on any atom is 0.239 e. The summed E-state index contributed by atoms with van der Waals surface area (Å²) in [4.78, 5) is 11.6. The van der Waals surface area contributed by atoms with E-state index in [9.17, 15) is 9.18 Å². The number of amides is 1. The van der Waals surface area contributed by atoms with Crippen LogP contribution in [0, 0.1) is 5.82 Å². The predicted octanol–water partition coefficient (Wildman–Crippen LogP) is 0.601. The van der Waals surface area contributed by atoms with Gasteiger partial charge in [-0.2, -0.15) is 0 Å². The molecule has 1 aromatic carbocycles. The predicted molar refractivity (Wildman–Crippen MR) is 65.4 cm³/mol. The Morgan fingerprint density at radius 3 is 2.89 bits per heavy atom. The van der Waals surface area contributed by atoms with E-state index in [2.05, 4.69) is 10.7 Å². The van der Waals surface area contributed by atoms with Crippen LogP contribution in [-0.2, 0) is 9.53 Å². The van der Waals surface area contributed by atoms with Crippen molar-refractivity contribution in [3.8, 4) is 0 Å². The van der Waals surface area contributed by atoms with Gasteiger partial charge in [-0.05, 0) is 18.2 Å². The molecule has 2 N–H and O–H groups in total. The standard InChI is InChI=1S/C12H16FN3O2/c13-10-2-1-3-11(8-10)15-12(17)9-14-16-4-6-18-7-5-16/h1-3,8,14H,4-7,9H2,(H,15,17). The molecule has 0 bridgehead atoms. The molecule has 0 saturated carbocycles. The lowest BCUT2D eigenvalue weighted by molar-refractivity contribution is -0.116. The smallest absolute Gasteiger partial charge is 0.239 e. The Morgan fingerprint density at radius 1 is 1.39 bits per heavy atom. The number of hydrazine groups is 1. The number of rotatable bonds is 4. The van der Waals surface area contributed by atoms with E-state index in [1.54, 1.807) is 12.1 Å². The molecule has 0 aromatic heterocycles. The second kappa shape index (κ2) is 6.44. The van der Waals surface area contributed by atoms with Crippen LogP contribution < -0.4 is 10.7 Å². The first-order chi connectivity index (χ1) is 8.74. The van der Waals surface area contributed by atoms with Gasteiger partial charge in [0.2, 0.25) is 5.91 Å². The zero-order valence-corrected chi connectivity index (χ0v) is 9.99. The van der Waals surface area contributed by atoms with Crippen molar-refractivity contribution < 1.29 is 13.9 Å². The number of carbonyl (C=O) groups is 1. The van der Waals surface area contributed by atoms with Crippen LogP contribution in [0.25, 0.3) is 0 Å². The van der Waals surface area contributed by atoms with Crippen molar-refractivity contribution >= 4 is 11.6 Å². The number of morpholine rings is 1. The van der Waals surface area contributed by atoms with Gasteiger partial charge in [-0.3, -0.25) is 4.79 Å². The SMILES string of the molecule is O=C(CNN1CCOCC1)Nc1cccc(F)c1. The molecule has 0 unspecified atom stereocenters. The molecule has 0 spiro atoms. The van der Waals surface area contributed by atoms with Gasteiger partial charge in [-0.25, -0.2) is 14.8 Å². The molecular weight excluding hydrogens is 237 g/mol. The fourth-order valence-electron chi connectivity index (χ4n) is 1.68. The Morgan fingerprint density at radius 2 is 2.17 bits per heavy atom. The first-order valence-electron chi connectivity index (χ1n) is 5.85. The molecule has 98 valence electrons. The van der Waals surface area contributed by atoms with Crippen LogP contribution in [0.4, 0.5) is 10.1 Å². The maximum absolute atomic E-state index is 12.9. The lowest BCUT2D eigenvalue weighted by Crippen LogP contribution is -2.48. The summed E-state index contributed by atoms with van der Waals surface area (Å²) in [6, 6.07) is 5.82. The average molecular weight is 253 g/mol. The van der Waals surface area contributed by atoms with Crippen molar-refractivity contribution in [2.45, 2.75) is 0 Å². The summed E-state index contributed by atoms with van der Waals surface area (Å²) in [6.45, 7) is 3.01. The van der Waals surface area contributed by atoms with E-state index in [0.717, 1.165) is 13.1 Å². The van der Waals surface area contributed by atoms with Gasteiger partial charge in [0.25, 0.3) is 0 Å². The third-order valence-electron chi connectivity index (χ3n) is 2.58. The number of carbonyl (C=O) groups excluding carboxylic acids is 1. The number of nitrogens with zero attached hydrogens (tertiary/aromatic N) is 1. The number of nitrogens with one attached hydrogen (secondary N) is 2. The number of hydrogen-bond donors (Lipinski definition) is 2. The summed E-state index contributed by atoms with van der Waals surface area (Å²) < 4.78 is 18.1. The summed E-state index contributed by atoms with van der Waals surface area (Å²) in [5.74, 6) is -0.568. The Labute approximate surface area is 105 Å². The van der Waals surface area contributed by atoms with Crippen molar-refractivity contribution in [1.82, 2.24) is 10.4 Å². The highest BCUT2D eigenvalue weighted by atomic mass is 19.1.